The number of aromatic nitrogens is 2. The number of aryl methyl sites for hydroxylation is 1. The van der Waals surface area contributed by atoms with Gasteiger partial charge in [0.2, 0.25) is 0 Å². The Morgan fingerprint density at radius 2 is 1.73 bits per heavy atom. The van der Waals surface area contributed by atoms with Crippen LogP contribution in [0.15, 0.2) is 36.7 Å². The Kier molecular flexibility index (Phi) is 2.42. The third-order valence-electron chi connectivity index (χ3n) is 2.13. The lowest BCUT2D eigenvalue weighted by Gasteiger charge is -2.01. The Morgan fingerprint density at radius 3 is 2.40 bits per heavy atom. The van der Waals surface area contributed by atoms with E-state index in [9.17, 15) is 0 Å². The molecule has 0 bridgehead atoms. The highest BCUT2D eigenvalue weighted by Crippen LogP contribution is 2.19. The Labute approximate surface area is 88.1 Å². The minimum absolute atomic E-state index is 0.362. The van der Waals surface area contributed by atoms with Crippen molar-refractivity contribution in [2.24, 2.45) is 0 Å². The molecule has 3 nitrogen and oxygen atoms in total. The summed E-state index contributed by atoms with van der Waals surface area (Å²) >= 11 is 0. The summed E-state index contributed by atoms with van der Waals surface area (Å²) in [5.74, 6) is 0. The van der Waals surface area contributed by atoms with Crippen LogP contribution in [0.1, 0.15) is 11.3 Å². The number of nitrogens with zero attached hydrogens (tertiary/aromatic N) is 3. The second-order valence-corrected chi connectivity index (χ2v) is 3.23. The first-order valence-corrected chi connectivity index (χ1v) is 4.59. The predicted octanol–water partition coefficient (Wildman–Crippen LogP) is 2.32. The number of rotatable bonds is 1. The highest BCUT2D eigenvalue weighted by Gasteiger charge is 2.05. The molecule has 1 aromatic carbocycles. The van der Waals surface area contributed by atoms with Gasteiger partial charge in [0.05, 0.1) is 0 Å². The van der Waals surface area contributed by atoms with Crippen molar-refractivity contribution in [2.45, 2.75) is 6.92 Å². The summed E-state index contributed by atoms with van der Waals surface area (Å²) in [6.07, 6.45) is 3.12. The zero-order chi connectivity index (χ0) is 10.7. The summed E-state index contributed by atoms with van der Waals surface area (Å²) in [4.78, 5) is 8.14. The Bertz CT molecular complexity index is 509. The lowest BCUT2D eigenvalue weighted by molar-refractivity contribution is 1.17. The van der Waals surface area contributed by atoms with Crippen molar-refractivity contribution >= 4 is 0 Å². The standard InChI is InChI=1S/C12H9N3/c1-9-2-4-10(5-3-9)12-11(8-13)14-6-7-15-12/h2-7H,1H3. The van der Waals surface area contributed by atoms with Gasteiger partial charge >= 0.3 is 0 Å². The van der Waals surface area contributed by atoms with Crippen molar-refractivity contribution in [3.63, 3.8) is 0 Å². The summed E-state index contributed by atoms with van der Waals surface area (Å²) in [5, 5.41) is 8.88. The Balaban J connectivity index is 2.55. The van der Waals surface area contributed by atoms with Gasteiger partial charge in [0, 0.05) is 18.0 Å². The molecule has 0 saturated carbocycles. The van der Waals surface area contributed by atoms with Crippen molar-refractivity contribution in [3.8, 4) is 17.3 Å². The molecule has 0 atom stereocenters. The van der Waals surface area contributed by atoms with E-state index < -0.39 is 0 Å². The van der Waals surface area contributed by atoms with Crippen LogP contribution in [0, 0.1) is 18.3 Å². The van der Waals surface area contributed by atoms with Gasteiger partial charge in [0.1, 0.15) is 11.8 Å². The van der Waals surface area contributed by atoms with Crippen LogP contribution < -0.4 is 0 Å². The molecule has 0 spiro atoms. The Hall–Kier alpha value is -2.21. The molecular weight excluding hydrogens is 186 g/mol. The van der Waals surface area contributed by atoms with E-state index in [1.165, 1.54) is 11.8 Å². The molecule has 0 N–H and O–H groups in total. The van der Waals surface area contributed by atoms with Gasteiger partial charge < -0.3 is 0 Å². The molecule has 0 aliphatic heterocycles. The molecule has 1 heterocycles. The smallest absolute Gasteiger partial charge is 0.166 e. The lowest BCUT2D eigenvalue weighted by atomic mass is 10.1. The SMILES string of the molecule is Cc1ccc(-c2nccnc2C#N)cc1. The zero-order valence-electron chi connectivity index (χ0n) is 8.31. The quantitative estimate of drug-likeness (QED) is 0.701. The molecular formula is C12H9N3. The third-order valence-corrected chi connectivity index (χ3v) is 2.13. The average molecular weight is 195 g/mol. The van der Waals surface area contributed by atoms with Gasteiger partial charge in [0.25, 0.3) is 0 Å². The molecule has 3 heteroatoms. The molecule has 0 saturated heterocycles. The lowest BCUT2D eigenvalue weighted by Crippen LogP contribution is -1.91. The van der Waals surface area contributed by atoms with Crippen molar-refractivity contribution < 1.29 is 0 Å². The minimum atomic E-state index is 0.362. The van der Waals surface area contributed by atoms with Crippen molar-refractivity contribution in [3.05, 3.63) is 47.9 Å². The number of hydrogen-bond acceptors (Lipinski definition) is 3. The maximum Gasteiger partial charge on any atom is 0.166 e. The van der Waals surface area contributed by atoms with E-state index in [2.05, 4.69) is 9.97 Å². The number of nitriles is 1. The van der Waals surface area contributed by atoms with Crippen molar-refractivity contribution in [2.75, 3.05) is 0 Å². The number of hydrogen-bond donors (Lipinski definition) is 0. The van der Waals surface area contributed by atoms with Crippen LogP contribution in [0.2, 0.25) is 0 Å². The second-order valence-electron chi connectivity index (χ2n) is 3.23. The van der Waals surface area contributed by atoms with E-state index >= 15 is 0 Å². The summed E-state index contributed by atoms with van der Waals surface area (Å²) in [6, 6.07) is 9.91. The maximum absolute atomic E-state index is 8.88. The van der Waals surface area contributed by atoms with E-state index in [1.54, 1.807) is 6.20 Å². The topological polar surface area (TPSA) is 49.6 Å². The maximum atomic E-state index is 8.88. The van der Waals surface area contributed by atoms with Gasteiger partial charge in [-0.1, -0.05) is 29.8 Å². The summed E-state index contributed by atoms with van der Waals surface area (Å²) in [7, 11) is 0. The van der Waals surface area contributed by atoms with E-state index in [4.69, 9.17) is 5.26 Å². The van der Waals surface area contributed by atoms with Crippen LogP contribution in [-0.2, 0) is 0 Å². The molecule has 0 aliphatic rings. The number of benzene rings is 1. The van der Waals surface area contributed by atoms with Gasteiger partial charge in [-0.05, 0) is 6.92 Å². The fourth-order valence-electron chi connectivity index (χ4n) is 1.34. The minimum Gasteiger partial charge on any atom is -0.252 e. The largest absolute Gasteiger partial charge is 0.252 e. The first-order valence-electron chi connectivity index (χ1n) is 4.59. The highest BCUT2D eigenvalue weighted by molar-refractivity contribution is 5.64. The molecule has 2 aromatic rings. The van der Waals surface area contributed by atoms with Crippen LogP contribution >= 0.6 is 0 Å². The van der Waals surface area contributed by atoms with Crippen LogP contribution in [0.25, 0.3) is 11.3 Å². The summed E-state index contributed by atoms with van der Waals surface area (Å²) in [5.41, 5.74) is 3.10. The van der Waals surface area contributed by atoms with E-state index in [0.717, 1.165) is 5.56 Å². The van der Waals surface area contributed by atoms with Crippen molar-refractivity contribution in [1.29, 1.82) is 5.26 Å². The zero-order valence-corrected chi connectivity index (χ0v) is 8.31. The monoisotopic (exact) mass is 195 g/mol. The molecule has 0 radical (unpaired) electrons. The first kappa shape index (κ1) is 9.35. The predicted molar refractivity (Wildman–Crippen MR) is 56.9 cm³/mol. The second kappa shape index (κ2) is 3.89. The van der Waals surface area contributed by atoms with Crippen LogP contribution in [-0.4, -0.2) is 9.97 Å². The van der Waals surface area contributed by atoms with Crippen molar-refractivity contribution in [1.82, 2.24) is 9.97 Å². The molecule has 1 aromatic heterocycles. The normalized spacial score (nSPS) is 9.60. The summed E-state index contributed by atoms with van der Waals surface area (Å²) in [6.45, 7) is 2.02. The van der Waals surface area contributed by atoms with E-state index in [1.807, 2.05) is 37.3 Å². The molecule has 0 fully saturated rings. The molecule has 15 heavy (non-hydrogen) atoms. The van der Waals surface area contributed by atoms with Crippen LogP contribution in [0.4, 0.5) is 0 Å². The molecule has 72 valence electrons. The van der Waals surface area contributed by atoms with Gasteiger partial charge in [0.15, 0.2) is 5.69 Å². The third kappa shape index (κ3) is 1.84. The molecule has 0 unspecified atom stereocenters. The van der Waals surface area contributed by atoms with Crippen LogP contribution in [0.3, 0.4) is 0 Å². The van der Waals surface area contributed by atoms with Gasteiger partial charge in [-0.15, -0.1) is 0 Å². The van der Waals surface area contributed by atoms with Crippen LogP contribution in [0.5, 0.6) is 0 Å². The molecule has 0 aliphatic carbocycles. The van der Waals surface area contributed by atoms with E-state index in [-0.39, 0.29) is 0 Å². The first-order chi connectivity index (χ1) is 7.31. The molecule has 0 amide bonds. The average Bonchev–Trinajstić information content (AvgIpc) is 2.30. The van der Waals surface area contributed by atoms with Gasteiger partial charge in [-0.3, -0.25) is 4.98 Å². The molecule has 2 rings (SSSR count). The van der Waals surface area contributed by atoms with Gasteiger partial charge in [-0.2, -0.15) is 5.26 Å². The van der Waals surface area contributed by atoms with E-state index in [0.29, 0.717) is 11.4 Å². The highest BCUT2D eigenvalue weighted by atomic mass is 14.8. The van der Waals surface area contributed by atoms with Gasteiger partial charge in [-0.25, -0.2) is 4.98 Å². The fourth-order valence-corrected chi connectivity index (χ4v) is 1.34. The fraction of sp³-hybridized carbons (Fsp3) is 0.0833. The summed E-state index contributed by atoms with van der Waals surface area (Å²) < 4.78 is 0. The Morgan fingerprint density at radius 1 is 1.07 bits per heavy atom.